The van der Waals surface area contributed by atoms with Gasteiger partial charge in [-0.1, -0.05) is 71.9 Å². The van der Waals surface area contributed by atoms with Crippen LogP contribution in [0.25, 0.3) is 0 Å². The average molecular weight is 295 g/mol. The molecule has 0 spiro atoms. The van der Waals surface area contributed by atoms with Gasteiger partial charge in [0.1, 0.15) is 0 Å². The first-order valence-corrected chi connectivity index (χ1v) is 8.10. The number of hydrogen-bond acceptors (Lipinski definition) is 0. The fourth-order valence-electron chi connectivity index (χ4n) is 2.98. The zero-order valence-electron chi connectivity index (χ0n) is 10.6. The van der Waals surface area contributed by atoms with Gasteiger partial charge in [0.2, 0.25) is 0 Å². The molecule has 1 aliphatic rings. The molecule has 0 aromatic heterocycles. The molecule has 1 saturated carbocycles. The lowest BCUT2D eigenvalue weighted by Crippen LogP contribution is -2.15. The third kappa shape index (κ3) is 4.46. The van der Waals surface area contributed by atoms with Crippen molar-refractivity contribution in [3.8, 4) is 0 Å². The SMILES string of the molecule is BrCCC1CCC(CCc2ccccc2)CC1. The number of hydrogen-bond donors (Lipinski definition) is 0. The maximum Gasteiger partial charge on any atom is 0.00339 e. The minimum absolute atomic E-state index is 0.988. The molecule has 1 fully saturated rings. The Morgan fingerprint density at radius 3 is 2.06 bits per heavy atom. The van der Waals surface area contributed by atoms with Crippen molar-refractivity contribution in [3.05, 3.63) is 35.9 Å². The summed E-state index contributed by atoms with van der Waals surface area (Å²) in [6.07, 6.45) is 9.90. The van der Waals surface area contributed by atoms with Crippen LogP contribution in [0.15, 0.2) is 30.3 Å². The van der Waals surface area contributed by atoms with E-state index in [0.717, 1.165) is 11.8 Å². The highest BCUT2D eigenvalue weighted by Crippen LogP contribution is 2.33. The number of alkyl halides is 1. The van der Waals surface area contributed by atoms with Crippen molar-refractivity contribution < 1.29 is 0 Å². The van der Waals surface area contributed by atoms with E-state index >= 15 is 0 Å². The van der Waals surface area contributed by atoms with Gasteiger partial charge in [-0.15, -0.1) is 0 Å². The van der Waals surface area contributed by atoms with Gasteiger partial charge in [0, 0.05) is 5.33 Å². The van der Waals surface area contributed by atoms with Crippen molar-refractivity contribution in [1.82, 2.24) is 0 Å². The van der Waals surface area contributed by atoms with Crippen molar-refractivity contribution >= 4 is 15.9 Å². The van der Waals surface area contributed by atoms with Gasteiger partial charge in [-0.2, -0.15) is 0 Å². The van der Waals surface area contributed by atoms with E-state index in [1.807, 2.05) is 0 Å². The van der Waals surface area contributed by atoms with Crippen LogP contribution in [0.2, 0.25) is 0 Å². The molecular formula is C16H23Br. The summed E-state index contributed by atoms with van der Waals surface area (Å²) >= 11 is 3.56. The van der Waals surface area contributed by atoms with E-state index in [4.69, 9.17) is 0 Å². The second kappa shape index (κ2) is 7.20. The molecule has 1 aromatic rings. The van der Waals surface area contributed by atoms with E-state index < -0.39 is 0 Å². The number of rotatable bonds is 5. The standard InChI is InChI=1S/C16H23Br/c17-13-12-16-10-8-15(9-11-16)7-6-14-4-2-1-3-5-14/h1-5,15-16H,6-13H2. The minimum Gasteiger partial charge on any atom is -0.0928 e. The van der Waals surface area contributed by atoms with Crippen LogP contribution >= 0.6 is 15.9 Å². The molecule has 1 heteroatoms. The summed E-state index contributed by atoms with van der Waals surface area (Å²) in [4.78, 5) is 0. The first-order chi connectivity index (χ1) is 8.38. The molecule has 0 aliphatic heterocycles. The molecule has 0 heterocycles. The lowest BCUT2D eigenvalue weighted by molar-refractivity contribution is 0.260. The molecule has 0 amide bonds. The number of aryl methyl sites for hydroxylation is 1. The third-order valence-corrected chi connectivity index (χ3v) is 4.63. The summed E-state index contributed by atoms with van der Waals surface area (Å²) in [5, 5.41) is 1.19. The summed E-state index contributed by atoms with van der Waals surface area (Å²) < 4.78 is 0. The highest BCUT2D eigenvalue weighted by Gasteiger charge is 2.20. The first-order valence-electron chi connectivity index (χ1n) is 6.98. The topological polar surface area (TPSA) is 0 Å². The molecule has 0 unspecified atom stereocenters. The van der Waals surface area contributed by atoms with Gasteiger partial charge in [0.25, 0.3) is 0 Å². The van der Waals surface area contributed by atoms with Crippen LogP contribution in [0.1, 0.15) is 44.1 Å². The summed E-state index contributed by atoms with van der Waals surface area (Å²) in [6, 6.07) is 10.9. The third-order valence-electron chi connectivity index (χ3n) is 4.17. The Morgan fingerprint density at radius 1 is 0.882 bits per heavy atom. The Kier molecular flexibility index (Phi) is 5.57. The van der Waals surface area contributed by atoms with E-state index in [1.165, 1.54) is 55.8 Å². The van der Waals surface area contributed by atoms with Crippen molar-refractivity contribution in [1.29, 1.82) is 0 Å². The van der Waals surface area contributed by atoms with Gasteiger partial charge in [0.05, 0.1) is 0 Å². The maximum absolute atomic E-state index is 3.56. The molecule has 2 rings (SSSR count). The summed E-state index contributed by atoms with van der Waals surface area (Å²) in [7, 11) is 0. The zero-order valence-corrected chi connectivity index (χ0v) is 12.2. The molecule has 0 bridgehead atoms. The molecular weight excluding hydrogens is 272 g/mol. The maximum atomic E-state index is 3.56. The number of benzene rings is 1. The van der Waals surface area contributed by atoms with E-state index in [1.54, 1.807) is 0 Å². The highest BCUT2D eigenvalue weighted by atomic mass is 79.9. The van der Waals surface area contributed by atoms with Crippen LogP contribution in [-0.2, 0) is 6.42 Å². The highest BCUT2D eigenvalue weighted by molar-refractivity contribution is 9.09. The second-order valence-corrected chi connectivity index (χ2v) is 6.18. The summed E-state index contributed by atoms with van der Waals surface area (Å²) in [5.41, 5.74) is 1.51. The lowest BCUT2D eigenvalue weighted by atomic mass is 9.78. The summed E-state index contributed by atoms with van der Waals surface area (Å²) in [6.45, 7) is 0. The van der Waals surface area contributed by atoms with Gasteiger partial charge in [-0.25, -0.2) is 0 Å². The van der Waals surface area contributed by atoms with Crippen LogP contribution in [-0.4, -0.2) is 5.33 Å². The lowest BCUT2D eigenvalue weighted by Gasteiger charge is -2.28. The van der Waals surface area contributed by atoms with Crippen molar-refractivity contribution in [3.63, 3.8) is 0 Å². The summed E-state index contributed by atoms with van der Waals surface area (Å²) in [5.74, 6) is 1.99. The van der Waals surface area contributed by atoms with E-state index in [-0.39, 0.29) is 0 Å². The monoisotopic (exact) mass is 294 g/mol. The Balaban J connectivity index is 1.68. The van der Waals surface area contributed by atoms with Gasteiger partial charge in [-0.05, 0) is 36.7 Å². The molecule has 1 aliphatic carbocycles. The quantitative estimate of drug-likeness (QED) is 0.654. The Bertz CT molecular complexity index is 299. The Hall–Kier alpha value is -0.300. The predicted octanol–water partition coefficient (Wildman–Crippen LogP) is 5.21. The largest absolute Gasteiger partial charge is 0.0928 e. The van der Waals surface area contributed by atoms with Crippen molar-refractivity contribution in [2.75, 3.05) is 5.33 Å². The molecule has 94 valence electrons. The molecule has 0 saturated heterocycles. The molecule has 0 N–H and O–H groups in total. The van der Waals surface area contributed by atoms with Gasteiger partial charge < -0.3 is 0 Å². The van der Waals surface area contributed by atoms with E-state index in [0.29, 0.717) is 0 Å². The predicted molar refractivity (Wildman–Crippen MR) is 78.6 cm³/mol. The Morgan fingerprint density at radius 2 is 1.47 bits per heavy atom. The number of halogens is 1. The van der Waals surface area contributed by atoms with Crippen LogP contribution in [0.5, 0.6) is 0 Å². The van der Waals surface area contributed by atoms with Crippen LogP contribution < -0.4 is 0 Å². The van der Waals surface area contributed by atoms with Gasteiger partial charge in [0.15, 0.2) is 0 Å². The molecule has 0 nitrogen and oxygen atoms in total. The fraction of sp³-hybridized carbons (Fsp3) is 0.625. The molecule has 0 radical (unpaired) electrons. The second-order valence-electron chi connectivity index (χ2n) is 5.39. The smallest absolute Gasteiger partial charge is 0.00339 e. The first kappa shape index (κ1) is 13.1. The zero-order chi connectivity index (χ0) is 11.9. The average Bonchev–Trinajstić information content (AvgIpc) is 2.40. The normalized spacial score (nSPS) is 24.8. The minimum atomic E-state index is 0.988. The van der Waals surface area contributed by atoms with Crippen LogP contribution in [0.4, 0.5) is 0 Å². The molecule has 17 heavy (non-hydrogen) atoms. The van der Waals surface area contributed by atoms with E-state index in [2.05, 4.69) is 46.3 Å². The van der Waals surface area contributed by atoms with Crippen LogP contribution in [0, 0.1) is 11.8 Å². The molecule has 1 aromatic carbocycles. The Labute approximate surface area is 114 Å². The van der Waals surface area contributed by atoms with Gasteiger partial charge in [-0.3, -0.25) is 0 Å². The van der Waals surface area contributed by atoms with Crippen LogP contribution in [0.3, 0.4) is 0 Å². The van der Waals surface area contributed by atoms with Gasteiger partial charge >= 0.3 is 0 Å². The van der Waals surface area contributed by atoms with Crippen molar-refractivity contribution in [2.45, 2.75) is 44.9 Å². The van der Waals surface area contributed by atoms with E-state index in [9.17, 15) is 0 Å². The van der Waals surface area contributed by atoms with Crippen molar-refractivity contribution in [2.24, 2.45) is 11.8 Å². The molecule has 0 atom stereocenters. The fourth-order valence-corrected chi connectivity index (χ4v) is 3.63.